The molecule has 0 aliphatic heterocycles. The van der Waals surface area contributed by atoms with E-state index in [0.717, 1.165) is 16.6 Å². The summed E-state index contributed by atoms with van der Waals surface area (Å²) in [5, 5.41) is 0.814. The number of esters is 1. The number of carbonyl (C=O) groups excluding carboxylic acids is 2. The van der Waals surface area contributed by atoms with Crippen LogP contribution in [0.5, 0.6) is 0 Å². The second kappa shape index (κ2) is 6.66. The number of carbonyl (C=O) groups is 2. The number of nitrogens with one attached hydrogen (secondary N) is 1. The van der Waals surface area contributed by atoms with Crippen molar-refractivity contribution in [3.8, 4) is 0 Å². The average molecular weight is 325 g/mol. The summed E-state index contributed by atoms with van der Waals surface area (Å²) in [5.74, 6) is -1.14. The van der Waals surface area contributed by atoms with Gasteiger partial charge in [0.05, 0.1) is 6.42 Å². The molecule has 24 heavy (non-hydrogen) atoms. The van der Waals surface area contributed by atoms with Crippen molar-refractivity contribution < 1.29 is 18.7 Å². The summed E-state index contributed by atoms with van der Waals surface area (Å²) in [7, 11) is 0. The number of para-hydroxylation sites is 1. The molecule has 122 valence electrons. The van der Waals surface area contributed by atoms with Gasteiger partial charge in [0.1, 0.15) is 5.82 Å². The molecule has 0 bridgehead atoms. The van der Waals surface area contributed by atoms with E-state index in [9.17, 15) is 14.0 Å². The number of hydrogen-bond acceptors (Lipinski definition) is 3. The van der Waals surface area contributed by atoms with Crippen LogP contribution < -0.4 is 0 Å². The number of halogens is 1. The number of Topliss-reactive ketones (excluding diaryl/α,β-unsaturated/α-hetero) is 1. The molecule has 0 amide bonds. The van der Waals surface area contributed by atoms with Gasteiger partial charge in [-0.25, -0.2) is 4.39 Å². The average Bonchev–Trinajstić information content (AvgIpc) is 2.90. The second-order valence-electron chi connectivity index (χ2n) is 5.56. The first-order chi connectivity index (χ1) is 11.5. The number of aryl methyl sites for hydroxylation is 1. The molecule has 4 nitrogen and oxygen atoms in total. The molecule has 5 heteroatoms. The number of ketones is 1. The lowest BCUT2D eigenvalue weighted by Crippen LogP contribution is -2.16. The predicted octanol–water partition coefficient (Wildman–Crippen LogP) is 3.58. The van der Waals surface area contributed by atoms with Crippen molar-refractivity contribution >= 4 is 22.7 Å². The first-order valence-electron chi connectivity index (χ1n) is 7.55. The highest BCUT2D eigenvalue weighted by atomic mass is 19.1. The number of hydrogen-bond donors (Lipinski definition) is 1. The van der Waals surface area contributed by atoms with Gasteiger partial charge in [-0.05, 0) is 30.7 Å². The molecule has 0 spiro atoms. The number of benzene rings is 2. The Morgan fingerprint density at radius 1 is 1.08 bits per heavy atom. The van der Waals surface area contributed by atoms with Crippen molar-refractivity contribution in [2.24, 2.45) is 0 Å². The summed E-state index contributed by atoms with van der Waals surface area (Å²) in [6, 6.07) is 13.1. The molecular weight excluding hydrogens is 309 g/mol. The van der Waals surface area contributed by atoms with Gasteiger partial charge in [0, 0.05) is 22.2 Å². The smallest absolute Gasteiger partial charge is 0.310 e. The first kappa shape index (κ1) is 15.9. The number of rotatable bonds is 5. The molecule has 0 radical (unpaired) electrons. The van der Waals surface area contributed by atoms with Crippen molar-refractivity contribution in [2.45, 2.75) is 13.3 Å². The molecule has 0 atom stereocenters. The van der Waals surface area contributed by atoms with Crippen LogP contribution >= 0.6 is 0 Å². The Labute approximate surface area is 138 Å². The number of H-pyrrole nitrogens is 1. The van der Waals surface area contributed by atoms with Gasteiger partial charge in [0.2, 0.25) is 5.78 Å². The van der Waals surface area contributed by atoms with Gasteiger partial charge in [-0.1, -0.05) is 30.3 Å². The number of aromatic amines is 1. The fraction of sp³-hybridized carbons (Fsp3) is 0.158. The van der Waals surface area contributed by atoms with Crippen molar-refractivity contribution in [1.29, 1.82) is 0 Å². The van der Waals surface area contributed by atoms with Crippen LogP contribution in [0.2, 0.25) is 0 Å². The lowest BCUT2D eigenvalue weighted by atomic mass is 10.1. The Kier molecular flexibility index (Phi) is 4.42. The fourth-order valence-corrected chi connectivity index (χ4v) is 2.67. The molecule has 0 aliphatic carbocycles. The van der Waals surface area contributed by atoms with Crippen LogP contribution in [0.4, 0.5) is 4.39 Å². The lowest BCUT2D eigenvalue weighted by Gasteiger charge is -2.05. The summed E-state index contributed by atoms with van der Waals surface area (Å²) in [5.41, 5.74) is 2.80. The zero-order valence-electron chi connectivity index (χ0n) is 13.1. The Morgan fingerprint density at radius 2 is 1.79 bits per heavy atom. The largest absolute Gasteiger partial charge is 0.457 e. The highest BCUT2D eigenvalue weighted by Gasteiger charge is 2.17. The van der Waals surface area contributed by atoms with E-state index >= 15 is 0 Å². The summed E-state index contributed by atoms with van der Waals surface area (Å²) >= 11 is 0. The van der Waals surface area contributed by atoms with E-state index in [-0.39, 0.29) is 24.6 Å². The third-order valence-electron chi connectivity index (χ3n) is 3.80. The van der Waals surface area contributed by atoms with Crippen molar-refractivity contribution in [3.05, 3.63) is 71.2 Å². The van der Waals surface area contributed by atoms with E-state index in [1.807, 2.05) is 31.2 Å². The molecule has 0 aliphatic rings. The highest BCUT2D eigenvalue weighted by molar-refractivity contribution is 6.10. The van der Waals surface area contributed by atoms with Crippen LogP contribution in [-0.4, -0.2) is 23.3 Å². The van der Waals surface area contributed by atoms with Gasteiger partial charge in [0.25, 0.3) is 0 Å². The van der Waals surface area contributed by atoms with Crippen molar-refractivity contribution in [1.82, 2.24) is 4.98 Å². The summed E-state index contributed by atoms with van der Waals surface area (Å²) in [6.07, 6.45) is 0.000423. The predicted molar refractivity (Wildman–Crippen MR) is 88.4 cm³/mol. The molecule has 0 saturated heterocycles. The standard InChI is InChI=1S/C19H16FNO3/c1-12-19(15-4-2-3-5-16(15)21-12)17(22)11-24-18(23)10-13-6-8-14(20)9-7-13/h2-9,21H,10-11H2,1H3. The van der Waals surface area contributed by atoms with Crippen LogP contribution in [0.25, 0.3) is 10.9 Å². The number of ether oxygens (including phenoxy) is 1. The highest BCUT2D eigenvalue weighted by Crippen LogP contribution is 2.22. The molecule has 0 fully saturated rings. The van der Waals surface area contributed by atoms with E-state index < -0.39 is 5.97 Å². The van der Waals surface area contributed by atoms with Gasteiger partial charge in [-0.3, -0.25) is 9.59 Å². The van der Waals surface area contributed by atoms with E-state index in [1.54, 1.807) is 0 Å². The van der Waals surface area contributed by atoms with Crippen molar-refractivity contribution in [3.63, 3.8) is 0 Å². The zero-order valence-corrected chi connectivity index (χ0v) is 13.1. The van der Waals surface area contributed by atoms with E-state index in [4.69, 9.17) is 4.74 Å². The van der Waals surface area contributed by atoms with Gasteiger partial charge in [-0.2, -0.15) is 0 Å². The lowest BCUT2D eigenvalue weighted by molar-refractivity contribution is -0.141. The van der Waals surface area contributed by atoms with Gasteiger partial charge < -0.3 is 9.72 Å². The molecular formula is C19H16FNO3. The monoisotopic (exact) mass is 325 g/mol. The van der Waals surface area contributed by atoms with Crippen LogP contribution in [0.3, 0.4) is 0 Å². The maximum Gasteiger partial charge on any atom is 0.310 e. The SMILES string of the molecule is Cc1[nH]c2ccccc2c1C(=O)COC(=O)Cc1ccc(F)cc1. The van der Waals surface area contributed by atoms with Gasteiger partial charge >= 0.3 is 5.97 Å². The molecule has 1 heterocycles. The van der Waals surface area contributed by atoms with Crippen LogP contribution in [0.15, 0.2) is 48.5 Å². The Hall–Kier alpha value is -2.95. The molecule has 2 aromatic carbocycles. The zero-order chi connectivity index (χ0) is 17.1. The third kappa shape index (κ3) is 3.35. The first-order valence-corrected chi connectivity index (χ1v) is 7.55. The minimum absolute atomic E-state index is 0.000423. The van der Waals surface area contributed by atoms with E-state index in [1.165, 1.54) is 24.3 Å². The summed E-state index contributed by atoms with van der Waals surface area (Å²) < 4.78 is 17.9. The minimum Gasteiger partial charge on any atom is -0.457 e. The Morgan fingerprint density at radius 3 is 2.54 bits per heavy atom. The van der Waals surface area contributed by atoms with E-state index in [0.29, 0.717) is 11.1 Å². The molecule has 0 saturated carbocycles. The van der Waals surface area contributed by atoms with Crippen molar-refractivity contribution in [2.75, 3.05) is 6.61 Å². The fourth-order valence-electron chi connectivity index (χ4n) is 2.67. The summed E-state index contributed by atoms with van der Waals surface area (Å²) in [6.45, 7) is 1.50. The number of fused-ring (bicyclic) bond motifs is 1. The number of aromatic nitrogens is 1. The quantitative estimate of drug-likeness (QED) is 0.576. The van der Waals surface area contributed by atoms with Crippen LogP contribution in [0, 0.1) is 12.7 Å². The topological polar surface area (TPSA) is 59.2 Å². The molecule has 1 N–H and O–H groups in total. The Bertz CT molecular complexity index is 897. The molecule has 0 unspecified atom stereocenters. The maximum atomic E-state index is 12.8. The van der Waals surface area contributed by atoms with Gasteiger partial charge in [0.15, 0.2) is 6.61 Å². The Balaban J connectivity index is 1.65. The molecule has 3 aromatic rings. The molecule has 1 aromatic heterocycles. The maximum absolute atomic E-state index is 12.8. The normalized spacial score (nSPS) is 10.8. The minimum atomic E-state index is -0.521. The third-order valence-corrected chi connectivity index (χ3v) is 3.80. The summed E-state index contributed by atoms with van der Waals surface area (Å²) in [4.78, 5) is 27.4. The van der Waals surface area contributed by atoms with E-state index in [2.05, 4.69) is 4.98 Å². The van der Waals surface area contributed by atoms with Crippen LogP contribution in [0.1, 0.15) is 21.6 Å². The second-order valence-corrected chi connectivity index (χ2v) is 5.56. The van der Waals surface area contributed by atoms with Crippen LogP contribution in [-0.2, 0) is 16.0 Å². The van der Waals surface area contributed by atoms with Gasteiger partial charge in [-0.15, -0.1) is 0 Å². The molecule has 3 rings (SSSR count).